The second kappa shape index (κ2) is 11.9. The molecule has 4 rings (SSSR count). The molecule has 4 N–H and O–H groups in total. The fourth-order valence-corrected chi connectivity index (χ4v) is 4.75. The Hall–Kier alpha value is -3.85. The number of hydrogen-bond acceptors (Lipinski definition) is 6. The molecule has 10 heteroatoms. The molecule has 1 aliphatic rings. The number of para-hydroxylation sites is 1. The summed E-state index contributed by atoms with van der Waals surface area (Å²) in [6.07, 6.45) is 7.81. The second-order valence-corrected chi connectivity index (χ2v) is 11.2. The van der Waals surface area contributed by atoms with Gasteiger partial charge in [0.05, 0.1) is 16.9 Å². The molecule has 0 atom stereocenters. The van der Waals surface area contributed by atoms with Gasteiger partial charge in [0.25, 0.3) is 0 Å². The van der Waals surface area contributed by atoms with Crippen LogP contribution in [0.25, 0.3) is 22.2 Å². The average Bonchev–Trinajstić information content (AvgIpc) is 3.29. The van der Waals surface area contributed by atoms with Crippen molar-refractivity contribution < 1.29 is 14.3 Å². The standard InChI is InChI=1S/C29H35ClN6O3/c1-17(14-18(2)33-28(38)39-29(3,4)5)26(37)34-19-10-12-20(13-11-19)35-27-32-16-23(30)25(36-27)22-15-31-24-9-7-6-8-21(22)24/h6-9,14-16,19-20,31H,2,10-13H2,1,3-5H3,(H,33,38)(H,34,37)(H,32,35,36)/b17-14+. The molecule has 2 amide bonds. The molecule has 0 bridgehead atoms. The number of rotatable bonds is 7. The minimum Gasteiger partial charge on any atom is -0.444 e. The third kappa shape index (κ3) is 7.60. The molecule has 1 fully saturated rings. The zero-order valence-corrected chi connectivity index (χ0v) is 23.5. The minimum absolute atomic E-state index is 0.0545. The van der Waals surface area contributed by atoms with E-state index in [-0.39, 0.29) is 18.0 Å². The van der Waals surface area contributed by atoms with Crippen LogP contribution in [0.15, 0.2) is 60.6 Å². The second-order valence-electron chi connectivity index (χ2n) is 10.8. The van der Waals surface area contributed by atoms with Crippen LogP contribution in [0, 0.1) is 0 Å². The molecule has 0 aliphatic heterocycles. The van der Waals surface area contributed by atoms with Crippen molar-refractivity contribution in [1.29, 1.82) is 0 Å². The van der Waals surface area contributed by atoms with E-state index in [1.807, 2.05) is 30.5 Å². The van der Waals surface area contributed by atoms with Crippen LogP contribution < -0.4 is 16.0 Å². The molecule has 1 saturated carbocycles. The zero-order chi connectivity index (χ0) is 28.2. The van der Waals surface area contributed by atoms with E-state index in [2.05, 4.69) is 32.5 Å². The van der Waals surface area contributed by atoms with Gasteiger partial charge >= 0.3 is 6.09 Å². The molecule has 1 aliphatic carbocycles. The van der Waals surface area contributed by atoms with Crippen LogP contribution in [0.1, 0.15) is 53.4 Å². The number of H-pyrrole nitrogens is 1. The van der Waals surface area contributed by atoms with Gasteiger partial charge in [0.1, 0.15) is 5.60 Å². The van der Waals surface area contributed by atoms with Gasteiger partial charge in [-0.15, -0.1) is 0 Å². The monoisotopic (exact) mass is 550 g/mol. The molecule has 0 radical (unpaired) electrons. The van der Waals surface area contributed by atoms with Crippen LogP contribution in [0.2, 0.25) is 5.02 Å². The van der Waals surface area contributed by atoms with Crippen LogP contribution in [-0.4, -0.2) is 44.6 Å². The van der Waals surface area contributed by atoms with E-state index in [0.717, 1.165) is 42.1 Å². The van der Waals surface area contributed by atoms with E-state index in [0.29, 0.717) is 27.9 Å². The number of ether oxygens (including phenoxy) is 1. The highest BCUT2D eigenvalue weighted by Gasteiger charge is 2.24. The van der Waals surface area contributed by atoms with Gasteiger partial charge in [0, 0.05) is 46.0 Å². The first-order chi connectivity index (χ1) is 18.5. The van der Waals surface area contributed by atoms with E-state index in [1.54, 1.807) is 33.9 Å². The number of aromatic amines is 1. The van der Waals surface area contributed by atoms with Crippen molar-refractivity contribution in [3.05, 3.63) is 65.6 Å². The molecule has 2 heterocycles. The summed E-state index contributed by atoms with van der Waals surface area (Å²) in [5, 5.41) is 10.6. The number of carbonyl (C=O) groups excluding carboxylic acids is 2. The molecule has 206 valence electrons. The van der Waals surface area contributed by atoms with E-state index in [1.165, 1.54) is 6.08 Å². The topological polar surface area (TPSA) is 121 Å². The maximum Gasteiger partial charge on any atom is 0.412 e. The number of benzene rings is 1. The highest BCUT2D eigenvalue weighted by Crippen LogP contribution is 2.32. The lowest BCUT2D eigenvalue weighted by molar-refractivity contribution is -0.118. The van der Waals surface area contributed by atoms with Crippen molar-refractivity contribution >= 4 is 40.5 Å². The number of halogens is 1. The lowest BCUT2D eigenvalue weighted by Gasteiger charge is -2.29. The van der Waals surface area contributed by atoms with Gasteiger partial charge in [-0.2, -0.15) is 0 Å². The van der Waals surface area contributed by atoms with E-state index < -0.39 is 11.7 Å². The van der Waals surface area contributed by atoms with E-state index in [4.69, 9.17) is 21.3 Å². The Kier molecular flexibility index (Phi) is 8.60. The molecule has 3 aromatic rings. The summed E-state index contributed by atoms with van der Waals surface area (Å²) in [5.74, 6) is 0.338. The molecule has 9 nitrogen and oxygen atoms in total. The highest BCUT2D eigenvalue weighted by atomic mass is 35.5. The predicted octanol–water partition coefficient (Wildman–Crippen LogP) is 6.10. The van der Waals surface area contributed by atoms with Gasteiger partial charge in [-0.25, -0.2) is 14.8 Å². The first kappa shape index (κ1) is 28.2. The summed E-state index contributed by atoms with van der Waals surface area (Å²) in [4.78, 5) is 37.0. The van der Waals surface area contributed by atoms with Gasteiger partial charge in [-0.05, 0) is 65.5 Å². The van der Waals surface area contributed by atoms with Crippen molar-refractivity contribution in [2.24, 2.45) is 0 Å². The maximum absolute atomic E-state index is 12.7. The Morgan fingerprint density at radius 3 is 2.56 bits per heavy atom. The average molecular weight is 551 g/mol. The Balaban J connectivity index is 1.29. The molecule has 0 saturated heterocycles. The van der Waals surface area contributed by atoms with Crippen LogP contribution >= 0.6 is 11.6 Å². The highest BCUT2D eigenvalue weighted by molar-refractivity contribution is 6.33. The van der Waals surface area contributed by atoms with Gasteiger partial charge in [0.2, 0.25) is 11.9 Å². The van der Waals surface area contributed by atoms with Crippen LogP contribution in [-0.2, 0) is 9.53 Å². The number of allylic oxidation sites excluding steroid dienone is 1. The van der Waals surface area contributed by atoms with Crippen LogP contribution in [0.3, 0.4) is 0 Å². The number of aromatic nitrogens is 3. The lowest BCUT2D eigenvalue weighted by atomic mass is 9.91. The van der Waals surface area contributed by atoms with Crippen molar-refractivity contribution in [3.63, 3.8) is 0 Å². The minimum atomic E-state index is -0.618. The van der Waals surface area contributed by atoms with Crippen molar-refractivity contribution in [2.45, 2.75) is 71.1 Å². The number of nitrogens with zero attached hydrogens (tertiary/aromatic N) is 2. The number of nitrogens with one attached hydrogen (secondary N) is 4. The summed E-state index contributed by atoms with van der Waals surface area (Å²) >= 11 is 6.46. The van der Waals surface area contributed by atoms with Crippen molar-refractivity contribution in [1.82, 2.24) is 25.6 Å². The predicted molar refractivity (Wildman–Crippen MR) is 154 cm³/mol. The summed E-state index contributed by atoms with van der Waals surface area (Å²) in [5.41, 5.74) is 2.76. The van der Waals surface area contributed by atoms with Crippen molar-refractivity contribution in [2.75, 3.05) is 5.32 Å². The van der Waals surface area contributed by atoms with Gasteiger partial charge in [0.15, 0.2) is 0 Å². The summed E-state index contributed by atoms with van der Waals surface area (Å²) in [7, 11) is 0. The fourth-order valence-electron chi connectivity index (χ4n) is 4.55. The summed E-state index contributed by atoms with van der Waals surface area (Å²) in [6, 6.07) is 8.25. The van der Waals surface area contributed by atoms with Gasteiger partial charge in [-0.1, -0.05) is 36.4 Å². The molecule has 0 spiro atoms. The largest absolute Gasteiger partial charge is 0.444 e. The molecule has 1 aromatic carbocycles. The Labute approximate surface area is 233 Å². The number of anilines is 1. The lowest BCUT2D eigenvalue weighted by Crippen LogP contribution is -2.40. The molecule has 0 unspecified atom stereocenters. The fraction of sp³-hybridized carbons (Fsp3) is 0.379. The SMILES string of the molecule is C=C(/C=C(\C)C(=O)NC1CCC(Nc2ncc(Cl)c(-c3c[nH]c4ccccc34)n2)CC1)NC(=O)OC(C)(C)C. The maximum atomic E-state index is 12.7. The molecule has 39 heavy (non-hydrogen) atoms. The number of carbonyl (C=O) groups is 2. The zero-order valence-electron chi connectivity index (χ0n) is 22.7. The Bertz CT molecular complexity index is 1400. The smallest absolute Gasteiger partial charge is 0.412 e. The third-order valence-electron chi connectivity index (χ3n) is 6.39. The van der Waals surface area contributed by atoms with Gasteiger partial charge in [-0.3, -0.25) is 10.1 Å². The summed E-state index contributed by atoms with van der Waals surface area (Å²) in [6.45, 7) is 10.8. The van der Waals surface area contributed by atoms with E-state index in [9.17, 15) is 9.59 Å². The first-order valence-corrected chi connectivity index (χ1v) is 13.4. The van der Waals surface area contributed by atoms with Gasteiger partial charge < -0.3 is 20.4 Å². The number of hydrogen-bond donors (Lipinski definition) is 4. The number of alkyl carbamates (subject to hydrolysis) is 1. The first-order valence-electron chi connectivity index (χ1n) is 13.0. The Morgan fingerprint density at radius 1 is 1.15 bits per heavy atom. The molecular weight excluding hydrogens is 516 g/mol. The third-order valence-corrected chi connectivity index (χ3v) is 6.67. The number of amides is 2. The quantitative estimate of drug-likeness (QED) is 0.208. The van der Waals surface area contributed by atoms with Crippen molar-refractivity contribution in [3.8, 4) is 11.3 Å². The molecular formula is C29H35ClN6O3. The number of fused-ring (bicyclic) bond motifs is 1. The Morgan fingerprint density at radius 2 is 1.85 bits per heavy atom. The molecule has 2 aromatic heterocycles. The van der Waals surface area contributed by atoms with Crippen LogP contribution in [0.5, 0.6) is 0 Å². The summed E-state index contributed by atoms with van der Waals surface area (Å²) < 4.78 is 5.21. The van der Waals surface area contributed by atoms with E-state index >= 15 is 0 Å². The van der Waals surface area contributed by atoms with Crippen LogP contribution in [0.4, 0.5) is 10.7 Å². The normalized spacial score (nSPS) is 17.9.